The number of carbonyl (C=O) groups excluding carboxylic acids is 2. The summed E-state index contributed by atoms with van der Waals surface area (Å²) in [6.45, 7) is 6.48. The van der Waals surface area contributed by atoms with Crippen molar-refractivity contribution in [2.45, 2.75) is 56.7 Å². The number of thioether (sulfide) groups is 1. The van der Waals surface area contributed by atoms with Gasteiger partial charge in [0.2, 0.25) is 5.91 Å². The van der Waals surface area contributed by atoms with Crippen LogP contribution < -0.4 is 16.4 Å². The SMILES string of the molecule is CCN1C(=O)[C@@H](CNc2ccc(CCN3CCCC3)cc2)S/C1=C(/N)C(=O)NC1CCC1. The molecule has 2 heterocycles. The minimum absolute atomic E-state index is 0.00151. The molecule has 0 unspecified atom stereocenters. The van der Waals surface area contributed by atoms with Crippen molar-refractivity contribution in [3.05, 3.63) is 40.6 Å². The van der Waals surface area contributed by atoms with Gasteiger partial charge in [0.25, 0.3) is 5.91 Å². The van der Waals surface area contributed by atoms with Gasteiger partial charge < -0.3 is 26.2 Å². The summed E-state index contributed by atoms with van der Waals surface area (Å²) in [5.74, 6) is -0.261. The summed E-state index contributed by atoms with van der Waals surface area (Å²) in [6, 6.07) is 8.70. The van der Waals surface area contributed by atoms with Gasteiger partial charge in [0.05, 0.1) is 0 Å². The van der Waals surface area contributed by atoms with Gasteiger partial charge >= 0.3 is 0 Å². The Kier molecular flexibility index (Phi) is 7.63. The van der Waals surface area contributed by atoms with Gasteiger partial charge in [-0.15, -0.1) is 0 Å². The van der Waals surface area contributed by atoms with Gasteiger partial charge in [-0.25, -0.2) is 0 Å². The van der Waals surface area contributed by atoms with Gasteiger partial charge in [-0.3, -0.25) is 9.59 Å². The molecule has 2 amide bonds. The number of hydrogen-bond donors (Lipinski definition) is 3. The highest BCUT2D eigenvalue weighted by Gasteiger charge is 2.38. The zero-order valence-corrected chi connectivity index (χ0v) is 19.8. The van der Waals surface area contributed by atoms with Gasteiger partial charge in [0.15, 0.2) is 0 Å². The van der Waals surface area contributed by atoms with Gasteiger partial charge in [-0.05, 0) is 76.2 Å². The number of amides is 2. The lowest BCUT2D eigenvalue weighted by molar-refractivity contribution is -0.127. The number of benzene rings is 1. The first-order valence-corrected chi connectivity index (χ1v) is 12.8. The van der Waals surface area contributed by atoms with Crippen molar-refractivity contribution in [3.8, 4) is 0 Å². The van der Waals surface area contributed by atoms with Crippen molar-refractivity contribution in [3.63, 3.8) is 0 Å². The van der Waals surface area contributed by atoms with Gasteiger partial charge in [0.1, 0.15) is 16.0 Å². The topological polar surface area (TPSA) is 90.7 Å². The zero-order valence-electron chi connectivity index (χ0n) is 18.9. The summed E-state index contributed by atoms with van der Waals surface area (Å²) < 4.78 is 0. The molecule has 2 saturated heterocycles. The van der Waals surface area contributed by atoms with E-state index in [0.29, 0.717) is 18.1 Å². The molecule has 1 aromatic carbocycles. The zero-order chi connectivity index (χ0) is 22.5. The molecular formula is C24H35N5O2S. The first-order valence-electron chi connectivity index (χ1n) is 11.9. The second-order valence-corrected chi connectivity index (χ2v) is 10.1. The third-order valence-electron chi connectivity index (χ3n) is 6.63. The molecule has 0 bridgehead atoms. The fourth-order valence-electron chi connectivity index (χ4n) is 4.37. The molecule has 3 aliphatic rings. The molecule has 8 heteroatoms. The maximum absolute atomic E-state index is 12.9. The first kappa shape index (κ1) is 23.0. The smallest absolute Gasteiger partial charge is 0.270 e. The highest BCUT2D eigenvalue weighted by atomic mass is 32.2. The molecule has 2 aliphatic heterocycles. The lowest BCUT2D eigenvalue weighted by atomic mass is 9.93. The van der Waals surface area contributed by atoms with Crippen LogP contribution in [0, 0.1) is 0 Å². The largest absolute Gasteiger partial charge is 0.392 e. The van der Waals surface area contributed by atoms with Crippen LogP contribution in [0.25, 0.3) is 0 Å². The minimum Gasteiger partial charge on any atom is -0.392 e. The molecule has 32 heavy (non-hydrogen) atoms. The third kappa shape index (κ3) is 5.41. The van der Waals surface area contributed by atoms with Crippen molar-refractivity contribution >= 4 is 29.3 Å². The number of nitrogens with zero attached hydrogens (tertiary/aromatic N) is 2. The van der Waals surface area contributed by atoms with Crippen LogP contribution in [-0.4, -0.2) is 65.6 Å². The summed E-state index contributed by atoms with van der Waals surface area (Å²) in [6.07, 6.45) is 6.86. The Bertz CT molecular complexity index is 846. The van der Waals surface area contributed by atoms with Crippen LogP contribution in [-0.2, 0) is 16.0 Å². The molecule has 7 nitrogen and oxygen atoms in total. The quantitative estimate of drug-likeness (QED) is 0.494. The highest BCUT2D eigenvalue weighted by molar-refractivity contribution is 8.04. The number of nitrogens with two attached hydrogens (primary N) is 1. The molecule has 4 N–H and O–H groups in total. The van der Waals surface area contributed by atoms with Crippen LogP contribution in [0.5, 0.6) is 0 Å². The van der Waals surface area contributed by atoms with E-state index in [-0.39, 0.29) is 28.8 Å². The number of hydrogen-bond acceptors (Lipinski definition) is 6. The monoisotopic (exact) mass is 457 g/mol. The van der Waals surface area contributed by atoms with Crippen LogP contribution in [0.4, 0.5) is 5.69 Å². The number of rotatable bonds is 9. The predicted octanol–water partition coefficient (Wildman–Crippen LogP) is 2.50. The van der Waals surface area contributed by atoms with Crippen LogP contribution in [0.3, 0.4) is 0 Å². The Hall–Kier alpha value is -2.19. The van der Waals surface area contributed by atoms with Crippen LogP contribution >= 0.6 is 11.8 Å². The van der Waals surface area contributed by atoms with Crippen LogP contribution in [0.1, 0.15) is 44.6 Å². The minimum atomic E-state index is -0.296. The summed E-state index contributed by atoms with van der Waals surface area (Å²) in [5.41, 5.74) is 8.66. The lowest BCUT2D eigenvalue weighted by Gasteiger charge is -2.27. The Balaban J connectivity index is 1.31. The van der Waals surface area contributed by atoms with E-state index in [9.17, 15) is 9.59 Å². The fourth-order valence-corrected chi connectivity index (χ4v) is 5.60. The number of nitrogens with one attached hydrogen (secondary N) is 2. The average Bonchev–Trinajstić information content (AvgIpc) is 3.41. The molecular weight excluding hydrogens is 422 g/mol. The maximum Gasteiger partial charge on any atom is 0.270 e. The van der Waals surface area contributed by atoms with Crippen LogP contribution in [0.2, 0.25) is 0 Å². The molecule has 0 aromatic heterocycles. The Morgan fingerprint density at radius 1 is 1.16 bits per heavy atom. The van der Waals surface area contributed by atoms with Crippen molar-refractivity contribution in [2.24, 2.45) is 5.73 Å². The molecule has 0 radical (unpaired) electrons. The normalized spacial score (nSPS) is 23.3. The Morgan fingerprint density at radius 3 is 2.50 bits per heavy atom. The van der Waals surface area contributed by atoms with E-state index in [1.807, 2.05) is 6.92 Å². The molecule has 1 atom stereocenters. The van der Waals surface area contributed by atoms with Crippen molar-refractivity contribution in [1.82, 2.24) is 15.1 Å². The Labute approximate surface area is 195 Å². The Morgan fingerprint density at radius 2 is 1.88 bits per heavy atom. The van der Waals surface area contributed by atoms with Gasteiger partial charge in [-0.2, -0.15) is 0 Å². The van der Waals surface area contributed by atoms with E-state index in [2.05, 4.69) is 39.8 Å². The highest BCUT2D eigenvalue weighted by Crippen LogP contribution is 2.36. The molecule has 0 spiro atoms. The number of anilines is 1. The van der Waals surface area contributed by atoms with E-state index in [1.54, 1.807) is 4.90 Å². The van der Waals surface area contributed by atoms with Crippen molar-refractivity contribution in [1.29, 1.82) is 0 Å². The fraction of sp³-hybridized carbons (Fsp3) is 0.583. The summed E-state index contributed by atoms with van der Waals surface area (Å²) in [5, 5.41) is 6.63. The van der Waals surface area contributed by atoms with Crippen molar-refractivity contribution < 1.29 is 9.59 Å². The molecule has 3 fully saturated rings. The van der Waals surface area contributed by atoms with E-state index in [1.165, 1.54) is 43.3 Å². The maximum atomic E-state index is 12.9. The molecule has 174 valence electrons. The number of carbonyl (C=O) groups is 2. The van der Waals surface area contributed by atoms with Gasteiger partial charge in [-0.1, -0.05) is 23.9 Å². The van der Waals surface area contributed by atoms with E-state index in [4.69, 9.17) is 5.73 Å². The van der Waals surface area contributed by atoms with Crippen LogP contribution in [0.15, 0.2) is 35.0 Å². The molecule has 1 aromatic rings. The molecule has 1 saturated carbocycles. The van der Waals surface area contributed by atoms with E-state index >= 15 is 0 Å². The van der Waals surface area contributed by atoms with E-state index in [0.717, 1.165) is 37.9 Å². The summed E-state index contributed by atoms with van der Waals surface area (Å²) in [4.78, 5) is 29.5. The van der Waals surface area contributed by atoms with Gasteiger partial charge in [0, 0.05) is 31.4 Å². The summed E-state index contributed by atoms with van der Waals surface area (Å²) >= 11 is 1.39. The molecule has 1 aliphatic carbocycles. The summed E-state index contributed by atoms with van der Waals surface area (Å²) in [7, 11) is 0. The first-order chi connectivity index (χ1) is 15.5. The second kappa shape index (κ2) is 10.6. The second-order valence-electron chi connectivity index (χ2n) is 8.89. The molecule has 4 rings (SSSR count). The van der Waals surface area contributed by atoms with E-state index < -0.39 is 0 Å². The van der Waals surface area contributed by atoms with Crippen molar-refractivity contribution in [2.75, 3.05) is 38.0 Å². The predicted molar refractivity (Wildman–Crippen MR) is 130 cm³/mol. The standard InChI is InChI=1S/C24H35N5O2S/c1-2-29-23(31)20(32-24(29)21(25)22(30)27-19-6-5-7-19)16-26-18-10-8-17(9-11-18)12-15-28-13-3-4-14-28/h8-11,19-20,26H,2-7,12-16,25H2,1H3,(H,27,30)/b24-21+/t20-/m1/s1. The number of likely N-dealkylation sites (tertiary alicyclic amines) is 1. The third-order valence-corrected chi connectivity index (χ3v) is 7.95. The lowest BCUT2D eigenvalue weighted by Crippen LogP contribution is -2.42. The average molecular weight is 458 g/mol.